The molecule has 0 aliphatic carbocycles. The summed E-state index contributed by atoms with van der Waals surface area (Å²) in [4.78, 5) is 44.6. The molecule has 0 radical (unpaired) electrons. The monoisotopic (exact) mass is 684 g/mol. The summed E-state index contributed by atoms with van der Waals surface area (Å²) in [5.41, 5.74) is 3.03. The van der Waals surface area contributed by atoms with Crippen LogP contribution in [0, 0.1) is 0 Å². The van der Waals surface area contributed by atoms with Crippen LogP contribution in [0.5, 0.6) is 11.5 Å². The Bertz CT molecular complexity index is 1910. The van der Waals surface area contributed by atoms with Gasteiger partial charge in [0.1, 0.15) is 17.2 Å². The molecule has 47 heavy (non-hydrogen) atoms. The van der Waals surface area contributed by atoms with Gasteiger partial charge in [-0.15, -0.1) is 23.1 Å². The minimum atomic E-state index is -0.556. The van der Waals surface area contributed by atoms with Gasteiger partial charge < -0.3 is 25.4 Å². The molecule has 0 unspecified atom stereocenters. The number of anilines is 2. The Morgan fingerprint density at radius 2 is 1.68 bits per heavy atom. The summed E-state index contributed by atoms with van der Waals surface area (Å²) >= 11 is 8.61. The molecule has 1 aromatic heterocycles. The van der Waals surface area contributed by atoms with E-state index in [1.807, 2.05) is 23.6 Å². The van der Waals surface area contributed by atoms with Crippen LogP contribution in [-0.4, -0.2) is 42.7 Å². The number of hydrogen-bond donors (Lipinski definition) is 3. The predicted octanol–water partition coefficient (Wildman–Crippen LogP) is 7.62. The van der Waals surface area contributed by atoms with Crippen molar-refractivity contribution in [3.63, 3.8) is 0 Å². The van der Waals surface area contributed by atoms with Crippen LogP contribution < -0.4 is 25.4 Å². The highest BCUT2D eigenvalue weighted by Crippen LogP contribution is 2.28. The minimum absolute atomic E-state index is 0.00995. The van der Waals surface area contributed by atoms with Crippen LogP contribution in [0.2, 0.25) is 5.02 Å². The van der Waals surface area contributed by atoms with E-state index in [9.17, 15) is 14.4 Å². The number of methoxy groups -OCH3 is 2. The maximum Gasteiger partial charge on any atom is 0.272 e. The average Bonchev–Trinajstić information content (AvgIpc) is 3.56. The molecule has 238 valence electrons. The van der Waals surface area contributed by atoms with Crippen molar-refractivity contribution in [2.75, 3.05) is 30.6 Å². The summed E-state index contributed by atoms with van der Waals surface area (Å²) < 4.78 is 10.8. The maximum atomic E-state index is 13.6. The Morgan fingerprint density at radius 3 is 2.43 bits per heavy atom. The number of thioether (sulfide) groups is 1. The van der Waals surface area contributed by atoms with Crippen LogP contribution in [0.1, 0.15) is 15.9 Å². The molecule has 0 bridgehead atoms. The van der Waals surface area contributed by atoms with E-state index in [1.165, 1.54) is 43.4 Å². The van der Waals surface area contributed by atoms with Gasteiger partial charge in [-0.25, -0.2) is 4.98 Å². The number of thiazole rings is 1. The molecule has 9 nitrogen and oxygen atoms in total. The van der Waals surface area contributed by atoms with Crippen LogP contribution in [0.25, 0.3) is 17.3 Å². The van der Waals surface area contributed by atoms with Gasteiger partial charge in [0, 0.05) is 37.7 Å². The number of nitrogens with one attached hydrogen (secondary N) is 3. The average molecular weight is 685 g/mol. The Kier molecular flexibility index (Phi) is 11.3. The lowest BCUT2D eigenvalue weighted by Gasteiger charge is -2.13. The van der Waals surface area contributed by atoms with Crippen LogP contribution in [-0.2, 0) is 9.59 Å². The normalized spacial score (nSPS) is 11.0. The first-order valence-corrected chi connectivity index (χ1v) is 16.4. The van der Waals surface area contributed by atoms with Crippen molar-refractivity contribution in [3.8, 4) is 22.8 Å². The Balaban J connectivity index is 1.27. The molecule has 0 atom stereocenters. The molecule has 12 heteroatoms. The first-order chi connectivity index (χ1) is 22.8. The van der Waals surface area contributed by atoms with Crippen molar-refractivity contribution in [1.29, 1.82) is 0 Å². The van der Waals surface area contributed by atoms with Gasteiger partial charge in [-0.3, -0.25) is 14.4 Å². The molecular formula is C35H29ClN4O5S2. The molecular weight excluding hydrogens is 656 g/mol. The van der Waals surface area contributed by atoms with Crippen LogP contribution in [0.3, 0.4) is 0 Å². The highest BCUT2D eigenvalue weighted by molar-refractivity contribution is 8.00. The van der Waals surface area contributed by atoms with E-state index >= 15 is 0 Å². The fourth-order valence-electron chi connectivity index (χ4n) is 4.30. The molecule has 0 saturated carbocycles. The summed E-state index contributed by atoms with van der Waals surface area (Å²) in [6.45, 7) is 0. The first-order valence-electron chi connectivity index (χ1n) is 14.2. The molecule has 4 aromatic carbocycles. The summed E-state index contributed by atoms with van der Waals surface area (Å²) in [6.07, 6.45) is 1.53. The maximum absolute atomic E-state index is 13.6. The minimum Gasteiger partial charge on any atom is -0.497 e. The second-order valence-electron chi connectivity index (χ2n) is 9.85. The predicted molar refractivity (Wildman–Crippen MR) is 188 cm³/mol. The number of benzene rings is 4. The van der Waals surface area contributed by atoms with E-state index in [2.05, 4.69) is 20.9 Å². The second-order valence-corrected chi connectivity index (χ2v) is 12.2. The van der Waals surface area contributed by atoms with Crippen LogP contribution in [0.15, 0.2) is 113 Å². The van der Waals surface area contributed by atoms with Gasteiger partial charge in [0.2, 0.25) is 5.91 Å². The lowest BCUT2D eigenvalue weighted by atomic mass is 10.1. The van der Waals surface area contributed by atoms with E-state index in [0.29, 0.717) is 38.5 Å². The third kappa shape index (κ3) is 9.23. The molecule has 5 aromatic rings. The zero-order valence-corrected chi connectivity index (χ0v) is 27.7. The second kappa shape index (κ2) is 15.9. The molecule has 0 saturated heterocycles. The van der Waals surface area contributed by atoms with Gasteiger partial charge >= 0.3 is 0 Å². The molecule has 0 spiro atoms. The number of amides is 3. The van der Waals surface area contributed by atoms with Crippen LogP contribution in [0.4, 0.5) is 10.8 Å². The number of ether oxygens (including phenoxy) is 2. The van der Waals surface area contributed by atoms with E-state index < -0.39 is 11.8 Å². The highest BCUT2D eigenvalue weighted by atomic mass is 35.5. The number of nitrogens with zero attached hydrogens (tertiary/aromatic N) is 1. The van der Waals surface area contributed by atoms with Gasteiger partial charge in [0.15, 0.2) is 5.13 Å². The number of hydrogen-bond acceptors (Lipinski definition) is 8. The SMILES string of the molecule is COc1ccc(OC)c(/C=C(/NC(=O)c2ccccc2)C(=O)Nc2cccc(SCC(=O)Nc3nc(-c4ccc(Cl)cc4)cs3)c2)c1. The molecule has 0 aliphatic heterocycles. The van der Waals surface area contributed by atoms with E-state index in [1.54, 1.807) is 78.9 Å². The largest absolute Gasteiger partial charge is 0.497 e. The number of aromatic nitrogens is 1. The molecule has 0 aliphatic rings. The van der Waals surface area contributed by atoms with Gasteiger partial charge in [-0.2, -0.15) is 0 Å². The lowest BCUT2D eigenvalue weighted by molar-refractivity contribution is -0.114. The van der Waals surface area contributed by atoms with Gasteiger partial charge in [-0.05, 0) is 66.7 Å². The molecule has 3 N–H and O–H groups in total. The fourth-order valence-corrected chi connectivity index (χ4v) is 5.92. The van der Waals surface area contributed by atoms with Gasteiger partial charge in [0.05, 0.1) is 25.7 Å². The summed E-state index contributed by atoms with van der Waals surface area (Å²) in [7, 11) is 3.05. The lowest BCUT2D eigenvalue weighted by Crippen LogP contribution is -2.30. The van der Waals surface area contributed by atoms with Crippen molar-refractivity contribution < 1.29 is 23.9 Å². The van der Waals surface area contributed by atoms with Crippen molar-refractivity contribution >= 4 is 69.3 Å². The number of rotatable bonds is 12. The Morgan fingerprint density at radius 1 is 0.894 bits per heavy atom. The zero-order valence-electron chi connectivity index (χ0n) is 25.3. The first kappa shape index (κ1) is 33.3. The third-order valence-electron chi connectivity index (χ3n) is 6.62. The number of carbonyl (C=O) groups excluding carboxylic acids is 3. The zero-order chi connectivity index (χ0) is 33.2. The molecule has 5 rings (SSSR count). The van der Waals surface area contributed by atoms with Crippen molar-refractivity contribution in [2.45, 2.75) is 4.90 Å². The quantitative estimate of drug-likeness (QED) is 0.0914. The molecule has 3 amide bonds. The van der Waals surface area contributed by atoms with Crippen molar-refractivity contribution in [1.82, 2.24) is 10.3 Å². The van der Waals surface area contributed by atoms with E-state index in [0.717, 1.165) is 16.2 Å². The topological polar surface area (TPSA) is 119 Å². The summed E-state index contributed by atoms with van der Waals surface area (Å²) in [5, 5.41) is 11.4. The third-order valence-corrected chi connectivity index (χ3v) is 8.62. The summed E-state index contributed by atoms with van der Waals surface area (Å²) in [6, 6.07) is 28.1. The Hall–Kier alpha value is -5.10. The summed E-state index contributed by atoms with van der Waals surface area (Å²) in [5.74, 6) is -0.0645. The number of halogens is 1. The standard InChI is InChI=1S/C35H29ClN4O5S2/c1-44-27-15-16-31(45-2)24(17-27)18-29(38-33(42)23-7-4-3-5-8-23)34(43)37-26-9-6-10-28(19-26)46-21-32(41)40-35-39-30(20-47-35)22-11-13-25(36)14-12-22/h3-20H,21H2,1-2H3,(H,37,43)(H,38,42)(H,39,40,41)/b29-18+. The number of carbonyl (C=O) groups is 3. The van der Waals surface area contributed by atoms with Crippen LogP contribution >= 0.6 is 34.7 Å². The molecule has 1 heterocycles. The van der Waals surface area contributed by atoms with E-state index in [4.69, 9.17) is 21.1 Å². The van der Waals surface area contributed by atoms with Crippen molar-refractivity contribution in [2.24, 2.45) is 0 Å². The van der Waals surface area contributed by atoms with Gasteiger partial charge in [0.25, 0.3) is 11.8 Å². The molecule has 0 fully saturated rings. The Labute approximate surface area is 285 Å². The highest BCUT2D eigenvalue weighted by Gasteiger charge is 2.17. The van der Waals surface area contributed by atoms with Crippen molar-refractivity contribution in [3.05, 3.63) is 124 Å². The van der Waals surface area contributed by atoms with E-state index in [-0.39, 0.29) is 17.4 Å². The fraction of sp³-hybridized carbons (Fsp3) is 0.0857. The smallest absolute Gasteiger partial charge is 0.272 e. The van der Waals surface area contributed by atoms with Gasteiger partial charge in [-0.1, -0.05) is 48.0 Å².